The second-order valence-electron chi connectivity index (χ2n) is 7.99. The van der Waals surface area contributed by atoms with Crippen molar-refractivity contribution in [3.05, 3.63) is 65.9 Å². The number of aromatic nitrogens is 3. The van der Waals surface area contributed by atoms with E-state index in [1.54, 1.807) is 30.5 Å². The van der Waals surface area contributed by atoms with Gasteiger partial charge >= 0.3 is 0 Å². The number of carbonyl (C=O) groups is 4. The molecule has 10 heteroatoms. The zero-order valence-electron chi connectivity index (χ0n) is 17.5. The number of rotatable bonds is 5. The lowest BCUT2D eigenvalue weighted by Gasteiger charge is -2.29. The topological polar surface area (TPSA) is 126 Å². The quantitative estimate of drug-likeness (QED) is 0.572. The van der Waals surface area contributed by atoms with Gasteiger partial charge in [-0.2, -0.15) is 0 Å². The predicted octanol–water partition coefficient (Wildman–Crippen LogP) is 1.34. The number of hydrogen-bond donors (Lipinski definition) is 2. The summed E-state index contributed by atoms with van der Waals surface area (Å²) in [5.74, 6) is -1.21. The van der Waals surface area contributed by atoms with Gasteiger partial charge in [-0.1, -0.05) is 29.5 Å². The van der Waals surface area contributed by atoms with Gasteiger partial charge in [0.25, 0.3) is 5.91 Å². The van der Waals surface area contributed by atoms with Crippen LogP contribution in [-0.4, -0.2) is 49.6 Å². The maximum absolute atomic E-state index is 12.8. The summed E-state index contributed by atoms with van der Waals surface area (Å²) in [7, 11) is 0. The van der Waals surface area contributed by atoms with Crippen LogP contribution >= 0.6 is 0 Å². The van der Waals surface area contributed by atoms with E-state index in [1.165, 1.54) is 9.58 Å². The summed E-state index contributed by atoms with van der Waals surface area (Å²) in [5.41, 5.74) is 3.32. The first-order valence-corrected chi connectivity index (χ1v) is 10.5. The molecule has 1 atom stereocenters. The molecule has 0 saturated carbocycles. The van der Waals surface area contributed by atoms with E-state index in [2.05, 4.69) is 20.9 Å². The van der Waals surface area contributed by atoms with E-state index in [0.29, 0.717) is 23.4 Å². The molecule has 2 N–H and O–H groups in total. The third-order valence-corrected chi connectivity index (χ3v) is 5.72. The number of piperidine rings is 1. The lowest BCUT2D eigenvalue weighted by atomic mass is 10.0. The van der Waals surface area contributed by atoms with Gasteiger partial charge in [0.05, 0.1) is 6.20 Å². The molecule has 1 fully saturated rings. The van der Waals surface area contributed by atoms with Gasteiger partial charge in [0.15, 0.2) is 0 Å². The van der Waals surface area contributed by atoms with Crippen LogP contribution in [0.5, 0.6) is 0 Å². The van der Waals surface area contributed by atoms with Crippen molar-refractivity contribution in [1.29, 1.82) is 0 Å². The Labute approximate surface area is 188 Å². The minimum absolute atomic E-state index is 0.00854. The SMILES string of the molecule is O=C1CCC(N2Cc3cc(-c4cn(CC(=O)Nc5ccccc5)nn4)ccc3C2=O)C(=O)N1. The molecule has 0 radical (unpaired) electrons. The first-order valence-electron chi connectivity index (χ1n) is 10.5. The van der Waals surface area contributed by atoms with Gasteiger partial charge in [-0.3, -0.25) is 24.5 Å². The number of para-hydroxylation sites is 1. The number of carbonyl (C=O) groups excluding carboxylic acids is 4. The first kappa shape index (κ1) is 20.6. The highest BCUT2D eigenvalue weighted by Gasteiger charge is 2.39. The highest BCUT2D eigenvalue weighted by atomic mass is 16.2. The minimum Gasteiger partial charge on any atom is -0.324 e. The van der Waals surface area contributed by atoms with Gasteiger partial charge in [-0.15, -0.1) is 5.10 Å². The van der Waals surface area contributed by atoms with Gasteiger partial charge < -0.3 is 10.2 Å². The summed E-state index contributed by atoms with van der Waals surface area (Å²) in [6.45, 7) is 0.288. The van der Waals surface area contributed by atoms with Gasteiger partial charge in [0.1, 0.15) is 18.3 Å². The number of fused-ring (bicyclic) bond motifs is 1. The standard InChI is InChI=1S/C23H20N6O4/c30-20-9-8-19(22(32)25-20)29-11-15-10-14(6-7-17(15)23(29)33)18-12-28(27-26-18)13-21(31)24-16-4-2-1-3-5-16/h1-7,10,12,19H,8-9,11,13H2,(H,24,31)(H,25,30,32). The van der Waals surface area contributed by atoms with Crippen LogP contribution < -0.4 is 10.6 Å². The zero-order chi connectivity index (χ0) is 22.9. The maximum Gasteiger partial charge on any atom is 0.255 e. The van der Waals surface area contributed by atoms with Crippen molar-refractivity contribution in [2.75, 3.05) is 5.32 Å². The molecule has 1 unspecified atom stereocenters. The van der Waals surface area contributed by atoms with E-state index in [0.717, 1.165) is 11.1 Å². The van der Waals surface area contributed by atoms with E-state index in [1.807, 2.05) is 24.3 Å². The molecular formula is C23H20N6O4. The number of imide groups is 1. The largest absolute Gasteiger partial charge is 0.324 e. The lowest BCUT2D eigenvalue weighted by Crippen LogP contribution is -2.52. The molecule has 2 aromatic carbocycles. The third-order valence-electron chi connectivity index (χ3n) is 5.72. The Morgan fingerprint density at radius 3 is 2.73 bits per heavy atom. The predicted molar refractivity (Wildman–Crippen MR) is 117 cm³/mol. The molecule has 4 amide bonds. The maximum atomic E-state index is 12.8. The minimum atomic E-state index is -0.657. The summed E-state index contributed by atoms with van der Waals surface area (Å²) >= 11 is 0. The Morgan fingerprint density at radius 2 is 1.94 bits per heavy atom. The molecule has 33 heavy (non-hydrogen) atoms. The number of amides is 4. The van der Waals surface area contributed by atoms with Crippen molar-refractivity contribution in [3.8, 4) is 11.3 Å². The fraction of sp³-hybridized carbons (Fsp3) is 0.217. The summed E-state index contributed by atoms with van der Waals surface area (Å²) in [5, 5.41) is 13.3. The molecule has 1 aromatic heterocycles. The average molecular weight is 444 g/mol. The molecule has 3 heterocycles. The molecular weight excluding hydrogens is 424 g/mol. The molecule has 0 bridgehead atoms. The fourth-order valence-electron chi connectivity index (χ4n) is 4.11. The van der Waals surface area contributed by atoms with E-state index in [4.69, 9.17) is 0 Å². The first-order chi connectivity index (χ1) is 16.0. The highest BCUT2D eigenvalue weighted by molar-refractivity contribution is 6.05. The Balaban J connectivity index is 1.29. The van der Waals surface area contributed by atoms with Crippen LogP contribution in [0.25, 0.3) is 11.3 Å². The van der Waals surface area contributed by atoms with Crippen LogP contribution in [0.2, 0.25) is 0 Å². The number of nitrogens with zero attached hydrogens (tertiary/aromatic N) is 4. The summed E-state index contributed by atoms with van der Waals surface area (Å²) < 4.78 is 1.45. The van der Waals surface area contributed by atoms with Gasteiger partial charge in [-0.25, -0.2) is 4.68 Å². The van der Waals surface area contributed by atoms with E-state index < -0.39 is 11.9 Å². The number of anilines is 1. The molecule has 10 nitrogen and oxygen atoms in total. The molecule has 166 valence electrons. The molecule has 0 aliphatic carbocycles. The molecule has 2 aliphatic rings. The summed E-state index contributed by atoms with van der Waals surface area (Å²) in [6, 6.07) is 13.8. The van der Waals surface area contributed by atoms with Gasteiger partial charge in [0, 0.05) is 29.8 Å². The summed E-state index contributed by atoms with van der Waals surface area (Å²) in [6.07, 6.45) is 2.19. The average Bonchev–Trinajstić information content (AvgIpc) is 3.39. The van der Waals surface area contributed by atoms with E-state index in [9.17, 15) is 19.2 Å². The van der Waals surface area contributed by atoms with Gasteiger partial charge in [0.2, 0.25) is 17.7 Å². The molecule has 5 rings (SSSR count). The molecule has 0 spiro atoms. The van der Waals surface area contributed by atoms with Crippen LogP contribution in [0.3, 0.4) is 0 Å². The monoisotopic (exact) mass is 444 g/mol. The van der Waals surface area contributed by atoms with Crippen molar-refractivity contribution in [3.63, 3.8) is 0 Å². The second-order valence-corrected chi connectivity index (χ2v) is 7.99. The van der Waals surface area contributed by atoms with Crippen LogP contribution in [0.4, 0.5) is 5.69 Å². The molecule has 1 saturated heterocycles. The van der Waals surface area contributed by atoms with Crippen LogP contribution in [-0.2, 0) is 27.5 Å². The smallest absolute Gasteiger partial charge is 0.255 e. The van der Waals surface area contributed by atoms with Crippen molar-refractivity contribution in [1.82, 2.24) is 25.2 Å². The Bertz CT molecular complexity index is 1270. The number of nitrogens with one attached hydrogen (secondary N) is 2. The van der Waals surface area contributed by atoms with Crippen LogP contribution in [0.1, 0.15) is 28.8 Å². The van der Waals surface area contributed by atoms with E-state index >= 15 is 0 Å². The van der Waals surface area contributed by atoms with Crippen molar-refractivity contribution in [2.24, 2.45) is 0 Å². The normalized spacial score (nSPS) is 17.6. The Kier molecular flexibility index (Phi) is 5.17. The highest BCUT2D eigenvalue weighted by Crippen LogP contribution is 2.30. The van der Waals surface area contributed by atoms with Crippen molar-refractivity contribution >= 4 is 29.3 Å². The Hall–Kier alpha value is -4.34. The van der Waals surface area contributed by atoms with Crippen LogP contribution in [0.15, 0.2) is 54.7 Å². The fourth-order valence-corrected chi connectivity index (χ4v) is 4.11. The lowest BCUT2D eigenvalue weighted by molar-refractivity contribution is -0.137. The van der Waals surface area contributed by atoms with Gasteiger partial charge in [-0.05, 0) is 36.2 Å². The number of benzene rings is 2. The van der Waals surface area contributed by atoms with Crippen molar-refractivity contribution in [2.45, 2.75) is 32.0 Å². The van der Waals surface area contributed by atoms with Crippen molar-refractivity contribution < 1.29 is 19.2 Å². The molecule has 3 aromatic rings. The Morgan fingerprint density at radius 1 is 1.12 bits per heavy atom. The summed E-state index contributed by atoms with van der Waals surface area (Å²) in [4.78, 5) is 50.2. The second kappa shape index (κ2) is 8.30. The zero-order valence-corrected chi connectivity index (χ0v) is 17.5. The van der Waals surface area contributed by atoms with Crippen LogP contribution in [0, 0.1) is 0 Å². The van der Waals surface area contributed by atoms with E-state index in [-0.39, 0.29) is 37.2 Å². The number of hydrogen-bond acceptors (Lipinski definition) is 6. The molecule has 2 aliphatic heterocycles. The third kappa shape index (κ3) is 4.10.